The Kier molecular flexibility index (Phi) is 5.14. The van der Waals surface area contributed by atoms with E-state index in [0.29, 0.717) is 64.7 Å². The van der Waals surface area contributed by atoms with Gasteiger partial charge in [-0.2, -0.15) is 0 Å². The van der Waals surface area contributed by atoms with E-state index in [1.807, 2.05) is 0 Å². The molecule has 0 aromatic carbocycles. The minimum atomic E-state index is -0.101. The number of hydrogen-bond acceptors (Lipinski definition) is 5. The molecule has 0 atom stereocenters. The van der Waals surface area contributed by atoms with Crippen LogP contribution >= 0.6 is 0 Å². The van der Waals surface area contributed by atoms with Gasteiger partial charge in [-0.25, -0.2) is 0 Å². The second kappa shape index (κ2) is 7.48. The Morgan fingerprint density at radius 2 is 1.67 bits per heavy atom. The molecule has 0 radical (unpaired) electrons. The van der Waals surface area contributed by atoms with Gasteiger partial charge in [-0.3, -0.25) is 19.3 Å². The van der Waals surface area contributed by atoms with Crippen molar-refractivity contribution in [1.82, 2.24) is 19.6 Å². The molecular formula is C16H22N4O4. The minimum Gasteiger partial charge on any atom is -0.459 e. The van der Waals surface area contributed by atoms with Crippen LogP contribution in [0, 0.1) is 0 Å². The van der Waals surface area contributed by atoms with Gasteiger partial charge in [0.15, 0.2) is 5.76 Å². The summed E-state index contributed by atoms with van der Waals surface area (Å²) in [5.41, 5.74) is 0. The fraction of sp³-hybridized carbons (Fsp3) is 0.562. The molecule has 3 heterocycles. The molecule has 2 fully saturated rings. The summed E-state index contributed by atoms with van der Waals surface area (Å²) < 4.78 is 5.14. The summed E-state index contributed by atoms with van der Waals surface area (Å²) in [4.78, 5) is 42.6. The van der Waals surface area contributed by atoms with Crippen molar-refractivity contribution in [2.75, 3.05) is 58.9 Å². The van der Waals surface area contributed by atoms with Gasteiger partial charge in [0, 0.05) is 52.4 Å². The van der Waals surface area contributed by atoms with Gasteiger partial charge in [0.1, 0.15) is 0 Å². The van der Waals surface area contributed by atoms with Crippen molar-refractivity contribution in [2.45, 2.75) is 0 Å². The highest BCUT2D eigenvalue weighted by Crippen LogP contribution is 2.10. The van der Waals surface area contributed by atoms with Crippen LogP contribution < -0.4 is 0 Å². The summed E-state index contributed by atoms with van der Waals surface area (Å²) in [6.45, 7) is 5.27. The quantitative estimate of drug-likeness (QED) is 0.683. The highest BCUT2D eigenvalue weighted by molar-refractivity contribution is 5.91. The Morgan fingerprint density at radius 3 is 2.25 bits per heavy atom. The van der Waals surface area contributed by atoms with Crippen molar-refractivity contribution in [3.8, 4) is 0 Å². The predicted octanol–water partition coefficient (Wildman–Crippen LogP) is -0.662. The molecule has 0 bridgehead atoms. The van der Waals surface area contributed by atoms with Crippen molar-refractivity contribution < 1.29 is 18.8 Å². The van der Waals surface area contributed by atoms with Crippen LogP contribution in [0.4, 0.5) is 0 Å². The van der Waals surface area contributed by atoms with Crippen LogP contribution in [0.2, 0.25) is 0 Å². The molecule has 0 aliphatic carbocycles. The van der Waals surface area contributed by atoms with E-state index < -0.39 is 0 Å². The molecule has 1 aromatic heterocycles. The van der Waals surface area contributed by atoms with E-state index in [1.54, 1.807) is 26.8 Å². The smallest absolute Gasteiger partial charge is 0.289 e. The summed E-state index contributed by atoms with van der Waals surface area (Å²) in [6.07, 6.45) is 2.32. The summed E-state index contributed by atoms with van der Waals surface area (Å²) in [6, 6.07) is 3.36. The Labute approximate surface area is 140 Å². The van der Waals surface area contributed by atoms with Gasteiger partial charge in [0.2, 0.25) is 12.3 Å². The number of nitrogens with zero attached hydrogens (tertiary/aromatic N) is 4. The molecule has 130 valence electrons. The molecule has 0 unspecified atom stereocenters. The van der Waals surface area contributed by atoms with Crippen LogP contribution in [0.15, 0.2) is 22.8 Å². The van der Waals surface area contributed by atoms with Crippen molar-refractivity contribution in [2.24, 2.45) is 0 Å². The normalized spacial score (nSPS) is 19.4. The summed E-state index contributed by atoms with van der Waals surface area (Å²) in [7, 11) is 0. The van der Waals surface area contributed by atoms with Gasteiger partial charge in [-0.05, 0) is 12.1 Å². The van der Waals surface area contributed by atoms with E-state index in [2.05, 4.69) is 4.90 Å². The number of carbonyl (C=O) groups is 3. The molecule has 1 aromatic rings. The molecule has 3 amide bonds. The van der Waals surface area contributed by atoms with E-state index in [-0.39, 0.29) is 11.8 Å². The monoisotopic (exact) mass is 334 g/mol. The fourth-order valence-corrected chi connectivity index (χ4v) is 3.03. The second-order valence-corrected chi connectivity index (χ2v) is 6.07. The average Bonchev–Trinajstić information content (AvgIpc) is 3.16. The van der Waals surface area contributed by atoms with Gasteiger partial charge in [-0.1, -0.05) is 0 Å². The van der Waals surface area contributed by atoms with E-state index in [0.717, 1.165) is 6.41 Å². The molecule has 0 saturated carbocycles. The largest absolute Gasteiger partial charge is 0.459 e. The predicted molar refractivity (Wildman–Crippen MR) is 85.3 cm³/mol. The zero-order valence-corrected chi connectivity index (χ0v) is 13.6. The lowest BCUT2D eigenvalue weighted by Crippen LogP contribution is -2.54. The Balaban J connectivity index is 1.43. The maximum absolute atomic E-state index is 12.3. The van der Waals surface area contributed by atoms with Crippen LogP contribution in [0.3, 0.4) is 0 Å². The molecule has 2 saturated heterocycles. The van der Waals surface area contributed by atoms with Crippen molar-refractivity contribution >= 4 is 18.2 Å². The maximum atomic E-state index is 12.3. The van der Waals surface area contributed by atoms with Crippen LogP contribution in [0.5, 0.6) is 0 Å². The van der Waals surface area contributed by atoms with E-state index >= 15 is 0 Å². The molecule has 2 aliphatic rings. The molecule has 8 heteroatoms. The highest BCUT2D eigenvalue weighted by Gasteiger charge is 2.26. The number of furan rings is 1. The molecule has 24 heavy (non-hydrogen) atoms. The first-order chi connectivity index (χ1) is 11.7. The molecular weight excluding hydrogens is 312 g/mol. The Morgan fingerprint density at radius 1 is 1.00 bits per heavy atom. The van der Waals surface area contributed by atoms with Gasteiger partial charge in [0.05, 0.1) is 12.8 Å². The Hall–Kier alpha value is -2.35. The Bertz CT molecular complexity index is 573. The minimum absolute atomic E-state index is 0.0892. The second-order valence-electron chi connectivity index (χ2n) is 6.07. The first kappa shape index (κ1) is 16.5. The third-order valence-electron chi connectivity index (χ3n) is 4.57. The standard InChI is InChI=1S/C16H22N4O4/c21-13-18-5-7-19(8-6-18)15(22)12-17-3-9-20(10-4-17)16(23)14-2-1-11-24-14/h1-2,11,13H,3-10,12H2. The zero-order valence-electron chi connectivity index (χ0n) is 13.6. The third kappa shape index (κ3) is 3.76. The van der Waals surface area contributed by atoms with Crippen molar-refractivity contribution in [3.63, 3.8) is 0 Å². The number of carbonyl (C=O) groups excluding carboxylic acids is 3. The van der Waals surface area contributed by atoms with Gasteiger partial charge >= 0.3 is 0 Å². The van der Waals surface area contributed by atoms with Crippen LogP contribution in [0.1, 0.15) is 10.6 Å². The van der Waals surface area contributed by atoms with Gasteiger partial charge in [0.25, 0.3) is 5.91 Å². The van der Waals surface area contributed by atoms with Crippen molar-refractivity contribution in [1.29, 1.82) is 0 Å². The molecule has 3 rings (SSSR count). The fourth-order valence-electron chi connectivity index (χ4n) is 3.03. The lowest BCUT2D eigenvalue weighted by molar-refractivity contribution is -0.136. The number of rotatable bonds is 4. The first-order valence-corrected chi connectivity index (χ1v) is 8.19. The number of hydrogen-bond donors (Lipinski definition) is 0. The lowest BCUT2D eigenvalue weighted by Gasteiger charge is -2.37. The van der Waals surface area contributed by atoms with E-state index in [4.69, 9.17) is 4.42 Å². The molecule has 8 nitrogen and oxygen atoms in total. The van der Waals surface area contributed by atoms with E-state index in [9.17, 15) is 14.4 Å². The number of piperazine rings is 2. The topological polar surface area (TPSA) is 77.3 Å². The maximum Gasteiger partial charge on any atom is 0.289 e. The summed E-state index contributed by atoms with van der Waals surface area (Å²) >= 11 is 0. The van der Waals surface area contributed by atoms with E-state index in [1.165, 1.54) is 6.26 Å². The number of amides is 3. The summed E-state index contributed by atoms with van der Waals surface area (Å²) in [5, 5.41) is 0. The van der Waals surface area contributed by atoms with Gasteiger partial charge < -0.3 is 19.1 Å². The van der Waals surface area contributed by atoms with Crippen LogP contribution in [-0.4, -0.2) is 96.7 Å². The third-order valence-corrected chi connectivity index (χ3v) is 4.57. The first-order valence-electron chi connectivity index (χ1n) is 8.19. The molecule has 0 N–H and O–H groups in total. The SMILES string of the molecule is O=CN1CCN(C(=O)CN2CCN(C(=O)c3ccco3)CC2)CC1. The zero-order chi connectivity index (χ0) is 16.9. The average molecular weight is 334 g/mol. The van der Waals surface area contributed by atoms with Crippen LogP contribution in [0.25, 0.3) is 0 Å². The molecule has 0 spiro atoms. The lowest BCUT2D eigenvalue weighted by atomic mass is 10.2. The van der Waals surface area contributed by atoms with Gasteiger partial charge in [-0.15, -0.1) is 0 Å². The highest BCUT2D eigenvalue weighted by atomic mass is 16.3. The summed E-state index contributed by atoms with van der Waals surface area (Å²) in [5.74, 6) is 0.342. The van der Waals surface area contributed by atoms with Crippen LogP contribution in [-0.2, 0) is 9.59 Å². The molecule has 2 aliphatic heterocycles. The van der Waals surface area contributed by atoms with Crippen molar-refractivity contribution in [3.05, 3.63) is 24.2 Å².